The molecule has 1 N–H and O–H groups in total. The van der Waals surface area contributed by atoms with E-state index in [1.54, 1.807) is 12.1 Å². The lowest BCUT2D eigenvalue weighted by Gasteiger charge is -2.37. The van der Waals surface area contributed by atoms with Gasteiger partial charge in [0, 0.05) is 19.1 Å². The van der Waals surface area contributed by atoms with Crippen molar-refractivity contribution in [1.82, 2.24) is 10.2 Å². The van der Waals surface area contributed by atoms with Gasteiger partial charge in [-0.1, -0.05) is 26.0 Å². The van der Waals surface area contributed by atoms with E-state index in [9.17, 15) is 4.39 Å². The number of benzene rings is 1. The van der Waals surface area contributed by atoms with Gasteiger partial charge in [-0.15, -0.1) is 0 Å². The molecule has 0 saturated carbocycles. The number of halogens is 1. The topological polar surface area (TPSA) is 15.3 Å². The smallest absolute Gasteiger partial charge is 0.123 e. The summed E-state index contributed by atoms with van der Waals surface area (Å²) in [6, 6.07) is 7.56. The minimum Gasteiger partial charge on any atom is -0.314 e. The van der Waals surface area contributed by atoms with Crippen LogP contribution in [0.1, 0.15) is 25.8 Å². The molecule has 0 aliphatic carbocycles. The molecule has 19 heavy (non-hydrogen) atoms. The maximum absolute atomic E-state index is 12.8. The lowest BCUT2D eigenvalue weighted by atomic mass is 9.93. The average Bonchev–Trinajstić information content (AvgIpc) is 2.41. The third-order valence-corrected chi connectivity index (χ3v) is 4.09. The summed E-state index contributed by atoms with van der Waals surface area (Å²) in [5.74, 6) is 0.561. The first-order valence-electron chi connectivity index (χ1n) is 7.39. The van der Waals surface area contributed by atoms with E-state index in [-0.39, 0.29) is 5.82 Å². The Morgan fingerprint density at radius 3 is 2.68 bits per heavy atom. The SMILES string of the molecule is CCNC1CCN(CCc2ccc(F)cc2)CC1C. The van der Waals surface area contributed by atoms with Crippen LogP contribution in [0.5, 0.6) is 0 Å². The van der Waals surface area contributed by atoms with E-state index in [4.69, 9.17) is 0 Å². The number of likely N-dealkylation sites (tertiary alicyclic amines) is 1. The molecular formula is C16H25FN2. The summed E-state index contributed by atoms with van der Waals surface area (Å²) in [5.41, 5.74) is 1.22. The van der Waals surface area contributed by atoms with E-state index in [0.29, 0.717) is 12.0 Å². The van der Waals surface area contributed by atoms with Crippen molar-refractivity contribution in [1.29, 1.82) is 0 Å². The van der Waals surface area contributed by atoms with Gasteiger partial charge in [0.25, 0.3) is 0 Å². The lowest BCUT2D eigenvalue weighted by Crippen LogP contribution is -2.48. The molecule has 1 saturated heterocycles. The zero-order valence-electron chi connectivity index (χ0n) is 12.0. The van der Waals surface area contributed by atoms with Gasteiger partial charge in [-0.3, -0.25) is 0 Å². The predicted molar refractivity (Wildman–Crippen MR) is 77.8 cm³/mol. The highest BCUT2D eigenvalue weighted by Crippen LogP contribution is 2.17. The Hall–Kier alpha value is -0.930. The van der Waals surface area contributed by atoms with Crippen LogP contribution in [0.15, 0.2) is 24.3 Å². The monoisotopic (exact) mass is 264 g/mol. The van der Waals surface area contributed by atoms with E-state index in [0.717, 1.165) is 19.5 Å². The number of piperidine rings is 1. The molecule has 2 atom stereocenters. The largest absolute Gasteiger partial charge is 0.314 e. The van der Waals surface area contributed by atoms with Crippen LogP contribution in [0.4, 0.5) is 4.39 Å². The van der Waals surface area contributed by atoms with Crippen molar-refractivity contribution in [2.45, 2.75) is 32.7 Å². The van der Waals surface area contributed by atoms with E-state index >= 15 is 0 Å². The van der Waals surface area contributed by atoms with Gasteiger partial charge in [-0.05, 0) is 49.5 Å². The van der Waals surface area contributed by atoms with Gasteiger partial charge in [-0.2, -0.15) is 0 Å². The van der Waals surface area contributed by atoms with Gasteiger partial charge < -0.3 is 10.2 Å². The molecule has 1 aromatic carbocycles. The Kier molecular flexibility index (Phi) is 5.34. The summed E-state index contributed by atoms with van der Waals surface area (Å²) < 4.78 is 12.8. The fourth-order valence-electron chi connectivity index (χ4n) is 2.94. The Morgan fingerprint density at radius 1 is 1.32 bits per heavy atom. The minimum atomic E-state index is -0.149. The van der Waals surface area contributed by atoms with Crippen molar-refractivity contribution in [3.05, 3.63) is 35.6 Å². The van der Waals surface area contributed by atoms with Gasteiger partial charge in [0.15, 0.2) is 0 Å². The maximum atomic E-state index is 12.8. The van der Waals surface area contributed by atoms with Crippen molar-refractivity contribution in [3.63, 3.8) is 0 Å². The fourth-order valence-corrected chi connectivity index (χ4v) is 2.94. The molecule has 0 spiro atoms. The molecular weight excluding hydrogens is 239 g/mol. The molecule has 1 fully saturated rings. The molecule has 1 heterocycles. The third-order valence-electron chi connectivity index (χ3n) is 4.09. The number of hydrogen-bond acceptors (Lipinski definition) is 2. The first kappa shape index (κ1) is 14.5. The highest BCUT2D eigenvalue weighted by molar-refractivity contribution is 5.16. The van der Waals surface area contributed by atoms with E-state index in [1.807, 2.05) is 12.1 Å². The van der Waals surface area contributed by atoms with E-state index < -0.39 is 0 Å². The molecule has 0 aromatic heterocycles. The van der Waals surface area contributed by atoms with Crippen molar-refractivity contribution >= 4 is 0 Å². The lowest BCUT2D eigenvalue weighted by molar-refractivity contribution is 0.150. The van der Waals surface area contributed by atoms with Crippen molar-refractivity contribution in [2.24, 2.45) is 5.92 Å². The third kappa shape index (κ3) is 4.29. The summed E-state index contributed by atoms with van der Waals surface area (Å²) in [7, 11) is 0. The number of nitrogens with one attached hydrogen (secondary N) is 1. The second kappa shape index (κ2) is 7.01. The second-order valence-electron chi connectivity index (χ2n) is 5.61. The Labute approximate surface area is 116 Å². The fraction of sp³-hybridized carbons (Fsp3) is 0.625. The molecule has 2 nitrogen and oxygen atoms in total. The quantitative estimate of drug-likeness (QED) is 0.879. The van der Waals surface area contributed by atoms with Gasteiger partial charge in [0.05, 0.1) is 0 Å². The highest BCUT2D eigenvalue weighted by Gasteiger charge is 2.24. The number of hydrogen-bond donors (Lipinski definition) is 1. The molecule has 1 aliphatic rings. The van der Waals surface area contributed by atoms with E-state index in [1.165, 1.54) is 25.1 Å². The van der Waals surface area contributed by atoms with Crippen LogP contribution in [0.2, 0.25) is 0 Å². The highest BCUT2D eigenvalue weighted by atomic mass is 19.1. The van der Waals surface area contributed by atoms with Gasteiger partial charge in [-0.25, -0.2) is 4.39 Å². The first-order chi connectivity index (χ1) is 9.19. The summed E-state index contributed by atoms with van der Waals surface area (Å²) in [6.45, 7) is 8.98. The summed E-state index contributed by atoms with van der Waals surface area (Å²) >= 11 is 0. The van der Waals surface area contributed by atoms with Crippen LogP contribution in [-0.4, -0.2) is 37.1 Å². The molecule has 0 amide bonds. The predicted octanol–water partition coefficient (Wildman–Crippen LogP) is 2.69. The average molecular weight is 264 g/mol. The molecule has 1 aromatic rings. The maximum Gasteiger partial charge on any atom is 0.123 e. The Balaban J connectivity index is 1.77. The van der Waals surface area contributed by atoms with Gasteiger partial charge in [0.2, 0.25) is 0 Å². The molecule has 1 aliphatic heterocycles. The van der Waals surface area contributed by atoms with Crippen LogP contribution < -0.4 is 5.32 Å². The molecule has 0 bridgehead atoms. The van der Waals surface area contributed by atoms with Crippen molar-refractivity contribution in [2.75, 3.05) is 26.2 Å². The zero-order valence-corrected chi connectivity index (χ0v) is 12.0. The summed E-state index contributed by atoms with van der Waals surface area (Å²) in [5, 5.41) is 3.57. The summed E-state index contributed by atoms with van der Waals surface area (Å²) in [6.07, 6.45) is 2.25. The van der Waals surface area contributed by atoms with Crippen LogP contribution in [0.3, 0.4) is 0 Å². The van der Waals surface area contributed by atoms with Gasteiger partial charge in [0.1, 0.15) is 5.82 Å². The Morgan fingerprint density at radius 2 is 2.05 bits per heavy atom. The minimum absolute atomic E-state index is 0.149. The van der Waals surface area contributed by atoms with E-state index in [2.05, 4.69) is 24.1 Å². The van der Waals surface area contributed by atoms with Crippen LogP contribution in [0.25, 0.3) is 0 Å². The van der Waals surface area contributed by atoms with Crippen molar-refractivity contribution < 1.29 is 4.39 Å². The van der Waals surface area contributed by atoms with Crippen molar-refractivity contribution in [3.8, 4) is 0 Å². The zero-order chi connectivity index (χ0) is 13.7. The standard InChI is InChI=1S/C16H25FN2/c1-3-18-16-9-11-19(12-13(16)2)10-8-14-4-6-15(17)7-5-14/h4-7,13,16,18H,3,8-12H2,1-2H3. The number of rotatable bonds is 5. The molecule has 0 radical (unpaired) electrons. The first-order valence-corrected chi connectivity index (χ1v) is 7.39. The molecule has 3 heteroatoms. The normalized spacial score (nSPS) is 24.6. The summed E-state index contributed by atoms with van der Waals surface area (Å²) in [4.78, 5) is 2.53. The second-order valence-corrected chi connectivity index (χ2v) is 5.61. The molecule has 2 rings (SSSR count). The van der Waals surface area contributed by atoms with Crippen LogP contribution >= 0.6 is 0 Å². The Bertz CT molecular complexity index is 377. The van der Waals surface area contributed by atoms with Crippen LogP contribution in [0, 0.1) is 11.7 Å². The van der Waals surface area contributed by atoms with Gasteiger partial charge >= 0.3 is 0 Å². The van der Waals surface area contributed by atoms with Crippen LogP contribution in [-0.2, 0) is 6.42 Å². The molecule has 2 unspecified atom stereocenters. The molecule has 106 valence electrons. The number of nitrogens with zero attached hydrogens (tertiary/aromatic N) is 1.